The standard InChI is InChI=1S/C21H17NO3S/c1-2-14-25-17-11-7-6-8-15(17)12-13-18-22-19(20(26-18)21(23)24)16-9-4-3-5-10-16/h2-13H,1,14H2,(H,23,24)/b13-12+. The van der Waals surface area contributed by atoms with E-state index in [0.717, 1.165) is 28.2 Å². The summed E-state index contributed by atoms with van der Waals surface area (Å²) in [6, 6.07) is 16.9. The van der Waals surface area contributed by atoms with E-state index >= 15 is 0 Å². The maximum Gasteiger partial charge on any atom is 0.348 e. The predicted molar refractivity (Wildman–Crippen MR) is 106 cm³/mol. The van der Waals surface area contributed by atoms with Crippen LogP contribution in [0.5, 0.6) is 5.75 Å². The van der Waals surface area contributed by atoms with Crippen LogP contribution in [-0.2, 0) is 0 Å². The molecule has 0 fully saturated rings. The lowest BCUT2D eigenvalue weighted by atomic mass is 10.1. The van der Waals surface area contributed by atoms with Gasteiger partial charge in [0.25, 0.3) is 0 Å². The van der Waals surface area contributed by atoms with Gasteiger partial charge < -0.3 is 9.84 Å². The van der Waals surface area contributed by atoms with Gasteiger partial charge in [0.1, 0.15) is 22.2 Å². The summed E-state index contributed by atoms with van der Waals surface area (Å²) in [4.78, 5) is 16.3. The van der Waals surface area contributed by atoms with E-state index < -0.39 is 5.97 Å². The van der Waals surface area contributed by atoms with Gasteiger partial charge in [0.2, 0.25) is 0 Å². The minimum atomic E-state index is -0.976. The van der Waals surface area contributed by atoms with Gasteiger partial charge in [-0.25, -0.2) is 9.78 Å². The number of nitrogens with zero attached hydrogens (tertiary/aromatic N) is 1. The average molecular weight is 363 g/mol. The zero-order chi connectivity index (χ0) is 18.4. The van der Waals surface area contributed by atoms with Crippen LogP contribution in [0, 0.1) is 0 Å². The normalized spacial score (nSPS) is 10.8. The van der Waals surface area contributed by atoms with Crippen LogP contribution < -0.4 is 4.74 Å². The summed E-state index contributed by atoms with van der Waals surface area (Å²) in [5.41, 5.74) is 2.16. The number of thiazole rings is 1. The Bertz CT molecular complexity index is 945. The molecule has 0 amide bonds. The second kappa shape index (κ2) is 8.27. The molecule has 0 saturated carbocycles. The number of para-hydroxylation sites is 1. The highest BCUT2D eigenvalue weighted by Gasteiger charge is 2.17. The largest absolute Gasteiger partial charge is 0.489 e. The summed E-state index contributed by atoms with van der Waals surface area (Å²) in [5, 5.41) is 10.1. The van der Waals surface area contributed by atoms with Crippen molar-refractivity contribution in [2.45, 2.75) is 0 Å². The topological polar surface area (TPSA) is 59.4 Å². The molecule has 3 aromatic rings. The second-order valence-electron chi connectivity index (χ2n) is 5.37. The smallest absolute Gasteiger partial charge is 0.348 e. The molecule has 0 aliphatic heterocycles. The molecule has 26 heavy (non-hydrogen) atoms. The van der Waals surface area contributed by atoms with Crippen molar-refractivity contribution in [3.05, 3.63) is 82.7 Å². The van der Waals surface area contributed by atoms with Crippen molar-refractivity contribution < 1.29 is 14.6 Å². The van der Waals surface area contributed by atoms with Crippen molar-refractivity contribution in [3.8, 4) is 17.0 Å². The minimum Gasteiger partial charge on any atom is -0.489 e. The average Bonchev–Trinajstić information content (AvgIpc) is 3.11. The first-order chi connectivity index (χ1) is 12.7. The van der Waals surface area contributed by atoms with Crippen LogP contribution in [0.3, 0.4) is 0 Å². The van der Waals surface area contributed by atoms with E-state index in [1.165, 1.54) is 0 Å². The van der Waals surface area contributed by atoms with Crippen LogP contribution in [0.1, 0.15) is 20.2 Å². The van der Waals surface area contributed by atoms with Gasteiger partial charge in [-0.05, 0) is 18.2 Å². The third kappa shape index (κ3) is 4.07. The van der Waals surface area contributed by atoms with Gasteiger partial charge in [0.05, 0.1) is 5.69 Å². The van der Waals surface area contributed by atoms with Crippen molar-refractivity contribution >= 4 is 29.5 Å². The first kappa shape index (κ1) is 17.6. The summed E-state index contributed by atoms with van der Waals surface area (Å²) in [5.74, 6) is -0.238. The second-order valence-corrected chi connectivity index (χ2v) is 6.40. The number of hydrogen-bond donors (Lipinski definition) is 1. The Morgan fingerprint density at radius 2 is 1.85 bits per heavy atom. The Kier molecular flexibility index (Phi) is 5.61. The molecular formula is C21H17NO3S. The van der Waals surface area contributed by atoms with Crippen molar-refractivity contribution in [3.63, 3.8) is 0 Å². The molecule has 1 aromatic heterocycles. The van der Waals surface area contributed by atoms with Crippen LogP contribution in [0.4, 0.5) is 0 Å². The van der Waals surface area contributed by atoms with Crippen molar-refractivity contribution in [2.24, 2.45) is 0 Å². The van der Waals surface area contributed by atoms with Crippen LogP contribution >= 0.6 is 11.3 Å². The Balaban J connectivity index is 1.93. The fourth-order valence-electron chi connectivity index (χ4n) is 2.40. The number of ether oxygens (including phenoxy) is 1. The number of benzene rings is 2. The lowest BCUT2D eigenvalue weighted by Gasteiger charge is -2.06. The molecule has 0 spiro atoms. The van der Waals surface area contributed by atoms with E-state index in [4.69, 9.17) is 4.74 Å². The molecule has 0 aliphatic carbocycles. The molecule has 130 valence electrons. The Labute approximate surface area is 155 Å². The number of hydrogen-bond acceptors (Lipinski definition) is 4. The molecule has 0 unspecified atom stereocenters. The number of carboxylic acid groups (broad SMARTS) is 1. The maximum atomic E-state index is 11.6. The van der Waals surface area contributed by atoms with Gasteiger partial charge in [-0.1, -0.05) is 61.2 Å². The number of aromatic nitrogens is 1. The summed E-state index contributed by atoms with van der Waals surface area (Å²) in [6.07, 6.45) is 5.36. The van der Waals surface area contributed by atoms with Crippen molar-refractivity contribution in [2.75, 3.05) is 6.61 Å². The Morgan fingerprint density at radius 3 is 2.58 bits per heavy atom. The zero-order valence-electron chi connectivity index (χ0n) is 14.0. The monoisotopic (exact) mass is 363 g/mol. The van der Waals surface area contributed by atoms with E-state index in [-0.39, 0.29) is 4.88 Å². The van der Waals surface area contributed by atoms with Crippen molar-refractivity contribution in [1.82, 2.24) is 4.98 Å². The maximum absolute atomic E-state index is 11.6. The summed E-state index contributed by atoms with van der Waals surface area (Å²) >= 11 is 1.15. The van der Waals surface area contributed by atoms with Gasteiger partial charge in [-0.2, -0.15) is 0 Å². The zero-order valence-corrected chi connectivity index (χ0v) is 14.8. The molecule has 5 heteroatoms. The highest BCUT2D eigenvalue weighted by molar-refractivity contribution is 7.15. The first-order valence-corrected chi connectivity index (χ1v) is 8.81. The Morgan fingerprint density at radius 1 is 1.12 bits per heavy atom. The number of aromatic carboxylic acids is 1. The minimum absolute atomic E-state index is 0.229. The van der Waals surface area contributed by atoms with Crippen molar-refractivity contribution in [1.29, 1.82) is 0 Å². The van der Waals surface area contributed by atoms with Crippen LogP contribution in [0.25, 0.3) is 23.4 Å². The van der Waals surface area contributed by atoms with Gasteiger partial charge in [-0.15, -0.1) is 11.3 Å². The molecule has 0 saturated heterocycles. The van der Waals surface area contributed by atoms with Gasteiger partial charge in [0.15, 0.2) is 0 Å². The summed E-state index contributed by atoms with van der Waals surface area (Å²) in [7, 11) is 0. The SMILES string of the molecule is C=CCOc1ccccc1/C=C/c1nc(-c2ccccc2)c(C(=O)O)s1. The lowest BCUT2D eigenvalue weighted by Crippen LogP contribution is -1.95. The van der Waals surface area contributed by atoms with Crippen LogP contribution in [-0.4, -0.2) is 22.7 Å². The third-order valence-corrected chi connectivity index (χ3v) is 4.57. The van der Waals surface area contributed by atoms with Gasteiger partial charge in [-0.3, -0.25) is 0 Å². The van der Waals surface area contributed by atoms with Crippen LogP contribution in [0.2, 0.25) is 0 Å². The molecule has 3 rings (SSSR count). The summed E-state index contributed by atoms with van der Waals surface area (Å²) in [6.45, 7) is 4.07. The fourth-order valence-corrected chi connectivity index (χ4v) is 3.23. The van der Waals surface area contributed by atoms with E-state index in [1.54, 1.807) is 12.2 Å². The molecule has 1 heterocycles. The third-order valence-electron chi connectivity index (χ3n) is 3.57. The number of carbonyl (C=O) groups is 1. The Hall–Kier alpha value is -3.18. The molecule has 0 aliphatic rings. The first-order valence-electron chi connectivity index (χ1n) is 7.99. The molecule has 0 radical (unpaired) electrons. The van der Waals surface area contributed by atoms with E-state index in [1.807, 2.05) is 60.7 Å². The van der Waals surface area contributed by atoms with Gasteiger partial charge >= 0.3 is 5.97 Å². The lowest BCUT2D eigenvalue weighted by molar-refractivity contribution is 0.0702. The predicted octanol–water partition coefficient (Wildman–Crippen LogP) is 5.24. The fraction of sp³-hybridized carbons (Fsp3) is 0.0476. The summed E-state index contributed by atoms with van der Waals surface area (Å²) < 4.78 is 5.63. The molecule has 0 atom stereocenters. The van der Waals surface area contributed by atoms with Crippen LogP contribution in [0.15, 0.2) is 67.3 Å². The molecule has 1 N–H and O–H groups in total. The van der Waals surface area contributed by atoms with Gasteiger partial charge in [0, 0.05) is 11.1 Å². The number of rotatable bonds is 7. The molecule has 4 nitrogen and oxygen atoms in total. The highest BCUT2D eigenvalue weighted by atomic mass is 32.1. The molecule has 2 aromatic carbocycles. The highest BCUT2D eigenvalue weighted by Crippen LogP contribution is 2.30. The van der Waals surface area contributed by atoms with E-state index in [2.05, 4.69) is 11.6 Å². The quantitative estimate of drug-likeness (QED) is 0.583. The van der Waals surface area contributed by atoms with E-state index in [9.17, 15) is 9.90 Å². The number of carboxylic acids is 1. The van der Waals surface area contributed by atoms with E-state index in [0.29, 0.717) is 17.3 Å². The molecular weight excluding hydrogens is 346 g/mol. The molecule has 0 bridgehead atoms.